The van der Waals surface area contributed by atoms with Crippen LogP contribution >= 0.6 is 0 Å². The van der Waals surface area contributed by atoms with E-state index in [0.29, 0.717) is 29.8 Å². The third kappa shape index (κ3) is 3.17. The summed E-state index contributed by atoms with van der Waals surface area (Å²) < 4.78 is 19.0. The van der Waals surface area contributed by atoms with Gasteiger partial charge >= 0.3 is 0 Å². The van der Waals surface area contributed by atoms with Crippen LogP contribution in [0.25, 0.3) is 0 Å². The van der Waals surface area contributed by atoms with E-state index >= 15 is 0 Å². The fraction of sp³-hybridized carbons (Fsp3) is 0.538. The lowest BCUT2D eigenvalue weighted by molar-refractivity contribution is 0.105. The Kier molecular flexibility index (Phi) is 3.97. The highest BCUT2D eigenvalue weighted by Gasteiger charge is 2.23. The van der Waals surface area contributed by atoms with Gasteiger partial charge in [0.2, 0.25) is 0 Å². The summed E-state index contributed by atoms with van der Waals surface area (Å²) in [6.07, 6.45) is 1.39. The van der Waals surface area contributed by atoms with Crippen LogP contribution < -0.4 is 11.1 Å². The standard InChI is InChI=1S/C13H19FN2O/c1-9-10(4-5-17-9)7-16-8-11-2-3-12(15)6-13(11)14/h2-3,6,9-10,16H,4-5,7-8,15H2,1H3. The molecule has 2 unspecified atom stereocenters. The summed E-state index contributed by atoms with van der Waals surface area (Å²) in [6, 6.07) is 4.81. The molecule has 2 rings (SSSR count). The van der Waals surface area contributed by atoms with E-state index < -0.39 is 0 Å². The Hall–Kier alpha value is -1.13. The van der Waals surface area contributed by atoms with Gasteiger partial charge in [0.05, 0.1) is 6.10 Å². The molecule has 1 aliphatic heterocycles. The van der Waals surface area contributed by atoms with E-state index in [1.165, 1.54) is 6.07 Å². The number of halogens is 1. The molecule has 94 valence electrons. The van der Waals surface area contributed by atoms with Crippen molar-refractivity contribution in [3.8, 4) is 0 Å². The zero-order valence-corrected chi connectivity index (χ0v) is 10.1. The third-order valence-electron chi connectivity index (χ3n) is 3.33. The van der Waals surface area contributed by atoms with Gasteiger partial charge in [-0.25, -0.2) is 4.39 Å². The molecular formula is C13H19FN2O. The summed E-state index contributed by atoms with van der Waals surface area (Å²) in [5.74, 6) is 0.292. The molecule has 1 saturated heterocycles. The van der Waals surface area contributed by atoms with Gasteiger partial charge in [0.1, 0.15) is 5.82 Å². The van der Waals surface area contributed by atoms with E-state index in [0.717, 1.165) is 19.6 Å². The van der Waals surface area contributed by atoms with Crippen molar-refractivity contribution in [2.24, 2.45) is 5.92 Å². The van der Waals surface area contributed by atoms with Gasteiger partial charge in [0, 0.05) is 30.9 Å². The highest BCUT2D eigenvalue weighted by atomic mass is 19.1. The van der Waals surface area contributed by atoms with Crippen LogP contribution in [0.1, 0.15) is 18.9 Å². The molecule has 0 aliphatic carbocycles. The maximum atomic E-state index is 13.5. The van der Waals surface area contributed by atoms with Crippen molar-refractivity contribution in [3.63, 3.8) is 0 Å². The van der Waals surface area contributed by atoms with Gasteiger partial charge in [0.15, 0.2) is 0 Å². The molecule has 0 amide bonds. The number of nitrogens with two attached hydrogens (primary N) is 1. The lowest BCUT2D eigenvalue weighted by Crippen LogP contribution is -2.26. The van der Waals surface area contributed by atoms with Crippen LogP contribution in [0.3, 0.4) is 0 Å². The molecule has 0 radical (unpaired) electrons. The van der Waals surface area contributed by atoms with E-state index in [1.54, 1.807) is 12.1 Å². The second-order valence-electron chi connectivity index (χ2n) is 4.61. The molecule has 1 heterocycles. The summed E-state index contributed by atoms with van der Waals surface area (Å²) in [6.45, 7) is 4.33. The van der Waals surface area contributed by atoms with Crippen molar-refractivity contribution in [3.05, 3.63) is 29.6 Å². The minimum atomic E-state index is -0.242. The molecule has 1 fully saturated rings. The maximum Gasteiger partial charge on any atom is 0.129 e. The average Bonchev–Trinajstić information content (AvgIpc) is 2.68. The normalized spacial score (nSPS) is 24.1. The van der Waals surface area contributed by atoms with Gasteiger partial charge in [-0.05, 0) is 31.4 Å². The SMILES string of the molecule is CC1OCCC1CNCc1ccc(N)cc1F. The van der Waals surface area contributed by atoms with E-state index in [9.17, 15) is 4.39 Å². The zero-order chi connectivity index (χ0) is 12.3. The fourth-order valence-corrected chi connectivity index (χ4v) is 2.14. The average molecular weight is 238 g/mol. The van der Waals surface area contributed by atoms with Crippen molar-refractivity contribution in [2.45, 2.75) is 26.0 Å². The molecule has 1 aliphatic rings. The van der Waals surface area contributed by atoms with Gasteiger partial charge in [0.25, 0.3) is 0 Å². The number of nitrogen functional groups attached to an aromatic ring is 1. The predicted octanol–water partition coefficient (Wildman–Crippen LogP) is 1.92. The van der Waals surface area contributed by atoms with Crippen LogP contribution in [0.5, 0.6) is 0 Å². The number of nitrogens with one attached hydrogen (secondary N) is 1. The van der Waals surface area contributed by atoms with Crippen LogP contribution in [-0.2, 0) is 11.3 Å². The van der Waals surface area contributed by atoms with Gasteiger partial charge in [-0.15, -0.1) is 0 Å². The van der Waals surface area contributed by atoms with Crippen molar-refractivity contribution in [1.29, 1.82) is 0 Å². The van der Waals surface area contributed by atoms with Gasteiger partial charge in [-0.1, -0.05) is 6.07 Å². The van der Waals surface area contributed by atoms with Crippen LogP contribution in [0.4, 0.5) is 10.1 Å². The van der Waals surface area contributed by atoms with Gasteiger partial charge in [-0.2, -0.15) is 0 Å². The van der Waals surface area contributed by atoms with Crippen LogP contribution in [0.15, 0.2) is 18.2 Å². The number of rotatable bonds is 4. The highest BCUT2D eigenvalue weighted by molar-refractivity contribution is 5.40. The van der Waals surface area contributed by atoms with Gasteiger partial charge < -0.3 is 15.8 Å². The maximum absolute atomic E-state index is 13.5. The van der Waals surface area contributed by atoms with Crippen molar-refractivity contribution >= 4 is 5.69 Å². The van der Waals surface area contributed by atoms with Crippen molar-refractivity contribution in [1.82, 2.24) is 5.32 Å². The molecule has 4 heteroatoms. The quantitative estimate of drug-likeness (QED) is 0.788. The Morgan fingerprint density at radius 3 is 3.00 bits per heavy atom. The second-order valence-corrected chi connectivity index (χ2v) is 4.61. The third-order valence-corrected chi connectivity index (χ3v) is 3.33. The van der Waals surface area contributed by atoms with Gasteiger partial charge in [-0.3, -0.25) is 0 Å². The van der Waals surface area contributed by atoms with E-state index in [4.69, 9.17) is 10.5 Å². The molecule has 0 saturated carbocycles. The van der Waals surface area contributed by atoms with E-state index in [2.05, 4.69) is 12.2 Å². The highest BCUT2D eigenvalue weighted by Crippen LogP contribution is 2.19. The molecule has 0 spiro atoms. The Morgan fingerprint density at radius 2 is 2.35 bits per heavy atom. The summed E-state index contributed by atoms with van der Waals surface area (Å²) in [4.78, 5) is 0. The van der Waals surface area contributed by atoms with Crippen molar-refractivity contribution < 1.29 is 9.13 Å². The molecule has 3 N–H and O–H groups in total. The first kappa shape index (κ1) is 12.3. The van der Waals surface area contributed by atoms with Crippen LogP contribution in [-0.4, -0.2) is 19.3 Å². The smallest absolute Gasteiger partial charge is 0.129 e. The summed E-state index contributed by atoms with van der Waals surface area (Å²) in [5.41, 5.74) is 6.62. The Bertz CT molecular complexity index is 384. The lowest BCUT2D eigenvalue weighted by atomic mass is 10.0. The monoisotopic (exact) mass is 238 g/mol. The van der Waals surface area contributed by atoms with Crippen molar-refractivity contribution in [2.75, 3.05) is 18.9 Å². The molecule has 0 bridgehead atoms. The Labute approximate surface area is 101 Å². The van der Waals surface area contributed by atoms with E-state index in [-0.39, 0.29) is 5.82 Å². The topological polar surface area (TPSA) is 47.3 Å². The molecule has 2 atom stereocenters. The summed E-state index contributed by atoms with van der Waals surface area (Å²) in [5, 5.41) is 3.27. The Balaban J connectivity index is 1.81. The fourth-order valence-electron chi connectivity index (χ4n) is 2.14. The minimum Gasteiger partial charge on any atom is -0.399 e. The predicted molar refractivity (Wildman–Crippen MR) is 66.0 cm³/mol. The zero-order valence-electron chi connectivity index (χ0n) is 10.1. The molecule has 1 aromatic carbocycles. The molecular weight excluding hydrogens is 219 g/mol. The summed E-state index contributed by atoms with van der Waals surface area (Å²) in [7, 11) is 0. The molecule has 0 aromatic heterocycles. The number of hydrogen-bond acceptors (Lipinski definition) is 3. The Morgan fingerprint density at radius 1 is 1.53 bits per heavy atom. The number of hydrogen-bond donors (Lipinski definition) is 2. The largest absolute Gasteiger partial charge is 0.399 e. The van der Waals surface area contributed by atoms with Crippen LogP contribution in [0, 0.1) is 11.7 Å². The number of anilines is 1. The molecule has 3 nitrogen and oxygen atoms in total. The molecule has 17 heavy (non-hydrogen) atoms. The molecule has 1 aromatic rings. The first-order valence-corrected chi connectivity index (χ1v) is 6.03. The van der Waals surface area contributed by atoms with E-state index in [1.807, 2.05) is 0 Å². The first-order valence-electron chi connectivity index (χ1n) is 6.03. The first-order chi connectivity index (χ1) is 8.16. The minimum absolute atomic E-state index is 0.242. The van der Waals surface area contributed by atoms with Crippen LogP contribution in [0.2, 0.25) is 0 Å². The number of ether oxygens (including phenoxy) is 1. The summed E-state index contributed by atoms with van der Waals surface area (Å²) >= 11 is 0. The lowest BCUT2D eigenvalue weighted by Gasteiger charge is -2.15. The number of benzene rings is 1. The second kappa shape index (κ2) is 5.47.